The van der Waals surface area contributed by atoms with E-state index in [0.29, 0.717) is 52.0 Å². The summed E-state index contributed by atoms with van der Waals surface area (Å²) < 4.78 is 0. The molecule has 0 radical (unpaired) electrons. The summed E-state index contributed by atoms with van der Waals surface area (Å²) in [4.78, 5) is 34.3. The third-order valence-corrected chi connectivity index (χ3v) is 19.7. The zero-order valence-corrected chi connectivity index (χ0v) is 56.3. The Hall–Kier alpha value is -0.640. The molecule has 0 aromatic carbocycles. The van der Waals surface area contributed by atoms with E-state index in [-0.39, 0.29) is 24.0 Å². The van der Waals surface area contributed by atoms with Crippen LogP contribution in [0.1, 0.15) is 323 Å². The first-order chi connectivity index (χ1) is 40.1. The third-order valence-electron chi connectivity index (χ3n) is 17.1. The SMILES string of the molecule is CCCCCCCCCCCCC(O)CN(CCCCSSCCC(NC(=O)CCCCN(CC(O)CCCCCCCC)CC(O)CCCCCCCC)C(=O)NCCCCN1CCCC1)CC(O)CCCCCCCCCCCC. The van der Waals surface area contributed by atoms with Crippen LogP contribution in [0.3, 0.4) is 0 Å². The van der Waals surface area contributed by atoms with Gasteiger partial charge < -0.3 is 36.0 Å². The molecule has 13 heteroatoms. The number of aliphatic hydroxyl groups is 4. The summed E-state index contributed by atoms with van der Waals surface area (Å²) >= 11 is 0. The van der Waals surface area contributed by atoms with Crippen molar-refractivity contribution < 1.29 is 30.0 Å². The molecule has 1 rings (SSSR count). The molecule has 1 saturated heterocycles. The van der Waals surface area contributed by atoms with Crippen molar-refractivity contribution in [2.75, 3.05) is 77.0 Å². The quantitative estimate of drug-likeness (QED) is 0.0255. The van der Waals surface area contributed by atoms with Crippen LogP contribution >= 0.6 is 21.6 Å². The van der Waals surface area contributed by atoms with Gasteiger partial charge in [-0.3, -0.25) is 19.4 Å². The lowest BCUT2D eigenvalue weighted by atomic mass is 10.0. The molecule has 0 aliphatic carbocycles. The minimum Gasteiger partial charge on any atom is -0.392 e. The zero-order valence-electron chi connectivity index (χ0n) is 54.7. The highest BCUT2D eigenvalue weighted by Crippen LogP contribution is 2.25. The lowest BCUT2D eigenvalue weighted by Gasteiger charge is -2.27. The first kappa shape index (κ1) is 79.4. The van der Waals surface area contributed by atoms with Crippen molar-refractivity contribution in [1.29, 1.82) is 0 Å². The van der Waals surface area contributed by atoms with Gasteiger partial charge in [-0.2, -0.15) is 0 Å². The minimum absolute atomic E-state index is 0.0867. The molecule has 488 valence electrons. The Morgan fingerprint density at radius 2 is 0.768 bits per heavy atom. The Kier molecular flexibility index (Phi) is 58.7. The van der Waals surface area contributed by atoms with Gasteiger partial charge in [0.25, 0.3) is 0 Å². The minimum atomic E-state index is -0.572. The summed E-state index contributed by atoms with van der Waals surface area (Å²) in [7, 11) is 3.63. The highest BCUT2D eigenvalue weighted by atomic mass is 33.1. The molecule has 0 aromatic rings. The van der Waals surface area contributed by atoms with E-state index in [4.69, 9.17) is 0 Å². The van der Waals surface area contributed by atoms with E-state index in [0.717, 1.165) is 127 Å². The Labute approximate surface area is 516 Å². The van der Waals surface area contributed by atoms with Crippen molar-refractivity contribution >= 4 is 33.4 Å². The molecule has 2 amide bonds. The maximum atomic E-state index is 13.7. The fraction of sp³-hybridized carbons (Fsp3) is 0.971. The van der Waals surface area contributed by atoms with Crippen LogP contribution in [-0.4, -0.2) is 154 Å². The molecule has 1 aliphatic heterocycles. The summed E-state index contributed by atoms with van der Waals surface area (Å²) in [6.07, 6.45) is 50.9. The maximum Gasteiger partial charge on any atom is 0.242 e. The number of likely N-dealkylation sites (tertiary alicyclic amines) is 1. The first-order valence-corrected chi connectivity index (χ1v) is 38.3. The van der Waals surface area contributed by atoms with E-state index in [1.54, 1.807) is 10.8 Å². The Morgan fingerprint density at radius 3 is 1.16 bits per heavy atom. The standard InChI is InChI=1S/C69H139N5O6S2/c1-5-9-13-17-21-23-25-27-31-35-47-65(77)61-74(62-66(78)48-36-32-28-26-24-22-18-14-10-6-2)56-43-44-57-81-82-58-50-67(69(80)70-51-38-40-52-72-53-41-42-54-72)71-68(79)49-37-39-55-73(59-63(75)45-33-29-19-15-11-7-3)60-64(76)46-34-30-20-16-12-8-4/h63-67,75-78H,5-62H2,1-4H3,(H,70,80)(H,71,79). The molecule has 1 aliphatic rings. The topological polar surface area (TPSA) is 149 Å². The smallest absolute Gasteiger partial charge is 0.242 e. The number of hydrogen-bond donors (Lipinski definition) is 6. The summed E-state index contributed by atoms with van der Waals surface area (Å²) in [5, 5.41) is 50.8. The van der Waals surface area contributed by atoms with Crippen molar-refractivity contribution in [3.05, 3.63) is 0 Å². The number of amides is 2. The normalized spacial score (nSPS) is 15.0. The number of carbonyl (C=O) groups excluding carboxylic acids is 2. The summed E-state index contributed by atoms with van der Waals surface area (Å²) in [6, 6.07) is -0.572. The number of nitrogens with zero attached hydrogens (tertiary/aromatic N) is 3. The molecular weight excluding hydrogens is 1060 g/mol. The number of nitrogens with one attached hydrogen (secondary N) is 2. The van der Waals surface area contributed by atoms with Crippen molar-refractivity contribution in [1.82, 2.24) is 25.3 Å². The van der Waals surface area contributed by atoms with Gasteiger partial charge in [-0.15, -0.1) is 0 Å². The fourth-order valence-electron chi connectivity index (χ4n) is 11.9. The molecule has 0 saturated carbocycles. The monoisotopic (exact) mass is 1200 g/mol. The summed E-state index contributed by atoms with van der Waals surface area (Å²) in [5.41, 5.74) is 0. The van der Waals surface area contributed by atoms with Gasteiger partial charge in [0, 0.05) is 50.7 Å². The zero-order chi connectivity index (χ0) is 59.6. The molecule has 0 aromatic heterocycles. The average Bonchev–Trinajstić information content (AvgIpc) is 4.01. The molecule has 5 atom stereocenters. The lowest BCUT2D eigenvalue weighted by Crippen LogP contribution is -2.47. The van der Waals surface area contributed by atoms with Crippen LogP contribution < -0.4 is 10.6 Å². The van der Waals surface area contributed by atoms with Gasteiger partial charge in [-0.1, -0.05) is 255 Å². The second-order valence-corrected chi connectivity index (χ2v) is 28.2. The molecule has 5 unspecified atom stereocenters. The van der Waals surface area contributed by atoms with Crippen LogP contribution in [0, 0.1) is 0 Å². The second-order valence-electron chi connectivity index (χ2n) is 25.5. The Balaban J connectivity index is 2.72. The van der Waals surface area contributed by atoms with E-state index in [9.17, 15) is 30.0 Å². The van der Waals surface area contributed by atoms with Gasteiger partial charge in [0.2, 0.25) is 11.8 Å². The van der Waals surface area contributed by atoms with Crippen molar-refractivity contribution in [3.8, 4) is 0 Å². The average molecular weight is 1200 g/mol. The Morgan fingerprint density at radius 1 is 0.415 bits per heavy atom. The molecule has 6 N–H and O–H groups in total. The number of carbonyl (C=O) groups is 2. The maximum absolute atomic E-state index is 13.7. The van der Waals surface area contributed by atoms with E-state index >= 15 is 0 Å². The molecule has 0 spiro atoms. The lowest BCUT2D eigenvalue weighted by molar-refractivity contribution is -0.129. The van der Waals surface area contributed by atoms with Crippen molar-refractivity contribution in [2.45, 2.75) is 354 Å². The van der Waals surface area contributed by atoms with Crippen molar-refractivity contribution in [3.63, 3.8) is 0 Å². The van der Waals surface area contributed by atoms with E-state index in [1.165, 1.54) is 193 Å². The van der Waals surface area contributed by atoms with Gasteiger partial charge in [-0.25, -0.2) is 0 Å². The van der Waals surface area contributed by atoms with E-state index in [1.807, 2.05) is 10.8 Å². The predicted octanol–water partition coefficient (Wildman–Crippen LogP) is 16.4. The van der Waals surface area contributed by atoms with E-state index < -0.39 is 18.2 Å². The molecule has 82 heavy (non-hydrogen) atoms. The predicted molar refractivity (Wildman–Crippen MR) is 358 cm³/mol. The molecule has 1 fully saturated rings. The van der Waals surface area contributed by atoms with Crippen LogP contribution in [0.5, 0.6) is 0 Å². The van der Waals surface area contributed by atoms with Crippen LogP contribution in [0.4, 0.5) is 0 Å². The number of aliphatic hydroxyl groups excluding tert-OH is 4. The van der Waals surface area contributed by atoms with Crippen LogP contribution in [0.25, 0.3) is 0 Å². The molecule has 1 heterocycles. The Bertz CT molecular complexity index is 1300. The van der Waals surface area contributed by atoms with Crippen LogP contribution in [0.15, 0.2) is 0 Å². The fourth-order valence-corrected chi connectivity index (χ4v) is 14.1. The first-order valence-electron chi connectivity index (χ1n) is 35.8. The van der Waals surface area contributed by atoms with Gasteiger partial charge in [0.05, 0.1) is 24.4 Å². The third kappa shape index (κ3) is 52.5. The second kappa shape index (κ2) is 60.6. The van der Waals surface area contributed by atoms with Crippen molar-refractivity contribution in [2.24, 2.45) is 0 Å². The summed E-state index contributed by atoms with van der Waals surface area (Å²) in [6.45, 7) is 17.1. The number of hydrogen-bond acceptors (Lipinski definition) is 11. The van der Waals surface area contributed by atoms with Gasteiger partial charge in [0.15, 0.2) is 0 Å². The van der Waals surface area contributed by atoms with Gasteiger partial charge in [0.1, 0.15) is 6.04 Å². The van der Waals surface area contributed by atoms with Crippen LogP contribution in [-0.2, 0) is 9.59 Å². The molecule has 11 nitrogen and oxygen atoms in total. The van der Waals surface area contributed by atoms with Gasteiger partial charge in [-0.05, 0) is 116 Å². The van der Waals surface area contributed by atoms with Gasteiger partial charge >= 0.3 is 0 Å². The molecule has 0 bridgehead atoms. The highest BCUT2D eigenvalue weighted by molar-refractivity contribution is 8.76. The van der Waals surface area contributed by atoms with Crippen LogP contribution in [0.2, 0.25) is 0 Å². The largest absolute Gasteiger partial charge is 0.392 e. The molecular formula is C69H139N5O6S2. The highest BCUT2D eigenvalue weighted by Gasteiger charge is 2.22. The van der Waals surface area contributed by atoms with E-state index in [2.05, 4.69) is 53.0 Å². The number of unbranched alkanes of at least 4 members (excludes halogenated alkanes) is 31. The summed E-state index contributed by atoms with van der Waals surface area (Å²) in [5.74, 6) is 1.58. The number of rotatable bonds is 65.